The second-order valence-corrected chi connectivity index (χ2v) is 10.1. The van der Waals surface area contributed by atoms with Crippen LogP contribution in [-0.2, 0) is 29.0 Å². The molecule has 0 aliphatic rings. The van der Waals surface area contributed by atoms with E-state index >= 15 is 0 Å². The summed E-state index contributed by atoms with van der Waals surface area (Å²) in [7, 11) is 0. The second kappa shape index (κ2) is 11.1. The standard InChI is InChI=1S/C30H36N2O2/c1-22-11-9-15-25(17-22)20-28(33)32(21-26-16-10-12-23(2)18-26)27(29(34)31-30(3,4)5)19-24-13-7-6-8-14-24/h6-18,27H,19-21H2,1-5H3,(H,31,34)/t27-/m1/s1. The zero-order valence-corrected chi connectivity index (χ0v) is 21.0. The summed E-state index contributed by atoms with van der Waals surface area (Å²) in [6, 6.07) is 25.4. The summed E-state index contributed by atoms with van der Waals surface area (Å²) in [6.45, 7) is 10.3. The van der Waals surface area contributed by atoms with Gasteiger partial charge in [0.05, 0.1) is 6.42 Å². The van der Waals surface area contributed by atoms with E-state index in [1.54, 1.807) is 4.90 Å². The molecule has 0 aliphatic heterocycles. The number of amides is 2. The lowest BCUT2D eigenvalue weighted by Crippen LogP contribution is -2.54. The first kappa shape index (κ1) is 25.2. The average molecular weight is 457 g/mol. The van der Waals surface area contributed by atoms with Crippen LogP contribution in [0.5, 0.6) is 0 Å². The molecule has 0 unspecified atom stereocenters. The molecule has 1 N–H and O–H groups in total. The summed E-state index contributed by atoms with van der Waals surface area (Å²) in [5.74, 6) is -0.196. The SMILES string of the molecule is Cc1cccc(CC(=O)N(Cc2cccc(C)c2)[C@H](Cc2ccccc2)C(=O)NC(C)(C)C)c1. The van der Waals surface area contributed by atoms with Crippen LogP contribution in [0.25, 0.3) is 0 Å². The molecule has 0 aromatic heterocycles. The Hall–Kier alpha value is -3.40. The van der Waals surface area contributed by atoms with Crippen LogP contribution in [0, 0.1) is 13.8 Å². The molecule has 34 heavy (non-hydrogen) atoms. The van der Waals surface area contributed by atoms with Crippen LogP contribution in [0.4, 0.5) is 0 Å². The van der Waals surface area contributed by atoms with Crippen molar-refractivity contribution >= 4 is 11.8 Å². The number of hydrogen-bond donors (Lipinski definition) is 1. The number of carbonyl (C=O) groups is 2. The molecule has 3 aromatic rings. The molecule has 3 aromatic carbocycles. The van der Waals surface area contributed by atoms with Crippen molar-refractivity contribution in [2.45, 2.75) is 65.6 Å². The van der Waals surface area contributed by atoms with Gasteiger partial charge in [0.15, 0.2) is 0 Å². The number of aryl methyl sites for hydroxylation is 2. The molecule has 4 nitrogen and oxygen atoms in total. The third kappa shape index (κ3) is 7.58. The Labute approximate surface area is 204 Å². The van der Waals surface area contributed by atoms with Gasteiger partial charge in [0.2, 0.25) is 11.8 Å². The molecule has 3 rings (SSSR count). The number of carbonyl (C=O) groups excluding carboxylic acids is 2. The fourth-order valence-electron chi connectivity index (χ4n) is 4.11. The molecule has 2 amide bonds. The lowest BCUT2D eigenvalue weighted by atomic mass is 9.99. The zero-order chi connectivity index (χ0) is 24.7. The van der Waals surface area contributed by atoms with Crippen LogP contribution in [-0.4, -0.2) is 28.3 Å². The molecular weight excluding hydrogens is 420 g/mol. The van der Waals surface area contributed by atoms with Crippen LogP contribution in [0.2, 0.25) is 0 Å². The molecule has 0 radical (unpaired) electrons. The van der Waals surface area contributed by atoms with Gasteiger partial charge in [0.1, 0.15) is 6.04 Å². The van der Waals surface area contributed by atoms with Gasteiger partial charge in [-0.25, -0.2) is 0 Å². The molecule has 178 valence electrons. The minimum Gasteiger partial charge on any atom is -0.350 e. The summed E-state index contributed by atoms with van der Waals surface area (Å²) in [4.78, 5) is 29.1. The van der Waals surface area contributed by atoms with E-state index in [-0.39, 0.29) is 18.2 Å². The van der Waals surface area contributed by atoms with E-state index in [2.05, 4.69) is 11.4 Å². The van der Waals surface area contributed by atoms with Gasteiger partial charge in [-0.05, 0) is 51.3 Å². The number of rotatable bonds is 8. The highest BCUT2D eigenvalue weighted by Crippen LogP contribution is 2.18. The highest BCUT2D eigenvalue weighted by atomic mass is 16.2. The smallest absolute Gasteiger partial charge is 0.243 e. The van der Waals surface area contributed by atoms with Gasteiger partial charge in [-0.15, -0.1) is 0 Å². The fourth-order valence-corrected chi connectivity index (χ4v) is 4.11. The maximum atomic E-state index is 13.8. The first-order chi connectivity index (χ1) is 16.1. The number of nitrogens with one attached hydrogen (secondary N) is 1. The van der Waals surface area contributed by atoms with Crippen LogP contribution < -0.4 is 5.32 Å². The first-order valence-corrected chi connectivity index (χ1v) is 11.9. The van der Waals surface area contributed by atoms with E-state index in [4.69, 9.17) is 0 Å². The highest BCUT2D eigenvalue weighted by Gasteiger charge is 2.32. The van der Waals surface area contributed by atoms with Crippen molar-refractivity contribution in [1.82, 2.24) is 10.2 Å². The zero-order valence-electron chi connectivity index (χ0n) is 21.0. The second-order valence-electron chi connectivity index (χ2n) is 10.1. The topological polar surface area (TPSA) is 49.4 Å². The molecule has 4 heteroatoms. The Morgan fingerprint density at radius 2 is 1.35 bits per heavy atom. The van der Waals surface area contributed by atoms with Crippen LogP contribution in [0.15, 0.2) is 78.9 Å². The summed E-state index contributed by atoms with van der Waals surface area (Å²) in [5.41, 5.74) is 4.83. The molecule has 0 heterocycles. The quantitative estimate of drug-likeness (QED) is 0.493. The minimum absolute atomic E-state index is 0.0582. The van der Waals surface area contributed by atoms with Gasteiger partial charge < -0.3 is 10.2 Å². The minimum atomic E-state index is -0.626. The van der Waals surface area contributed by atoms with Gasteiger partial charge in [-0.3, -0.25) is 9.59 Å². The lowest BCUT2D eigenvalue weighted by Gasteiger charge is -2.34. The monoisotopic (exact) mass is 456 g/mol. The molecule has 0 aliphatic carbocycles. The molecule has 0 fully saturated rings. The summed E-state index contributed by atoms with van der Waals surface area (Å²) in [6.07, 6.45) is 0.704. The molecule has 0 spiro atoms. The number of benzene rings is 3. The van der Waals surface area contributed by atoms with Crippen molar-refractivity contribution in [2.75, 3.05) is 0 Å². The van der Waals surface area contributed by atoms with Gasteiger partial charge >= 0.3 is 0 Å². The molecular formula is C30H36N2O2. The van der Waals surface area contributed by atoms with Gasteiger partial charge in [0, 0.05) is 18.5 Å². The Kier molecular flexibility index (Phi) is 8.27. The van der Waals surface area contributed by atoms with E-state index in [0.29, 0.717) is 13.0 Å². The van der Waals surface area contributed by atoms with Crippen molar-refractivity contribution in [3.8, 4) is 0 Å². The van der Waals surface area contributed by atoms with E-state index < -0.39 is 11.6 Å². The van der Waals surface area contributed by atoms with E-state index in [1.807, 2.05) is 107 Å². The predicted molar refractivity (Wildman–Crippen MR) is 138 cm³/mol. The number of hydrogen-bond acceptors (Lipinski definition) is 2. The maximum absolute atomic E-state index is 13.8. The van der Waals surface area contributed by atoms with Crippen molar-refractivity contribution in [2.24, 2.45) is 0 Å². The van der Waals surface area contributed by atoms with Gasteiger partial charge in [-0.1, -0.05) is 90.0 Å². The van der Waals surface area contributed by atoms with Crippen molar-refractivity contribution in [1.29, 1.82) is 0 Å². The normalized spacial score (nSPS) is 12.1. The average Bonchev–Trinajstić information content (AvgIpc) is 2.75. The van der Waals surface area contributed by atoms with E-state index in [0.717, 1.165) is 27.8 Å². The maximum Gasteiger partial charge on any atom is 0.243 e. The Morgan fingerprint density at radius 3 is 1.94 bits per heavy atom. The van der Waals surface area contributed by atoms with E-state index in [1.165, 1.54) is 0 Å². The summed E-state index contributed by atoms with van der Waals surface area (Å²) in [5, 5.41) is 3.11. The van der Waals surface area contributed by atoms with Gasteiger partial charge in [-0.2, -0.15) is 0 Å². The summed E-state index contributed by atoms with van der Waals surface area (Å²) < 4.78 is 0. The Balaban J connectivity index is 1.99. The van der Waals surface area contributed by atoms with Crippen molar-refractivity contribution in [3.05, 3.63) is 107 Å². The van der Waals surface area contributed by atoms with Crippen molar-refractivity contribution in [3.63, 3.8) is 0 Å². The highest BCUT2D eigenvalue weighted by molar-refractivity contribution is 5.89. The Morgan fingerprint density at radius 1 is 0.794 bits per heavy atom. The fraction of sp³-hybridized carbons (Fsp3) is 0.333. The van der Waals surface area contributed by atoms with E-state index in [9.17, 15) is 9.59 Å². The van der Waals surface area contributed by atoms with Gasteiger partial charge in [0.25, 0.3) is 0 Å². The third-order valence-corrected chi connectivity index (χ3v) is 5.64. The molecule has 0 saturated carbocycles. The molecule has 1 atom stereocenters. The van der Waals surface area contributed by atoms with Crippen molar-refractivity contribution < 1.29 is 9.59 Å². The Bertz CT molecular complexity index is 1120. The largest absolute Gasteiger partial charge is 0.350 e. The first-order valence-electron chi connectivity index (χ1n) is 11.9. The third-order valence-electron chi connectivity index (χ3n) is 5.64. The number of nitrogens with zero attached hydrogens (tertiary/aromatic N) is 1. The van der Waals surface area contributed by atoms with Crippen LogP contribution in [0.3, 0.4) is 0 Å². The lowest BCUT2D eigenvalue weighted by molar-refractivity contribution is -0.141. The molecule has 0 saturated heterocycles. The molecule has 0 bridgehead atoms. The summed E-state index contributed by atoms with van der Waals surface area (Å²) >= 11 is 0. The predicted octanol–water partition coefficient (Wildman–Crippen LogP) is 5.40. The van der Waals surface area contributed by atoms with Crippen LogP contribution >= 0.6 is 0 Å². The van der Waals surface area contributed by atoms with Crippen LogP contribution in [0.1, 0.15) is 48.6 Å².